The van der Waals surface area contributed by atoms with Crippen molar-refractivity contribution in [1.29, 1.82) is 0 Å². The van der Waals surface area contributed by atoms with E-state index in [4.69, 9.17) is 22.1 Å². The number of hydrogen-bond donors (Lipinski definition) is 1. The number of nitrogens with two attached hydrogens (primary N) is 1. The maximum absolute atomic E-state index is 12.1. The van der Waals surface area contributed by atoms with Crippen LogP contribution in [0.1, 0.15) is 17.5 Å². The van der Waals surface area contributed by atoms with Crippen molar-refractivity contribution in [2.75, 3.05) is 18.5 Å². The first-order chi connectivity index (χ1) is 8.47. The molecular weight excluding hydrogens is 252 g/mol. The Labute approximate surface area is 112 Å². The number of hydrogen-bond acceptors (Lipinski definition) is 3. The van der Waals surface area contributed by atoms with Gasteiger partial charge in [-0.2, -0.15) is 0 Å². The Kier molecular flexibility index (Phi) is 3.50. The lowest BCUT2D eigenvalue weighted by molar-refractivity contribution is -0.126. The van der Waals surface area contributed by atoms with Crippen LogP contribution in [0, 0.1) is 13.8 Å². The largest absolute Gasteiger partial charge is 0.478 e. The summed E-state index contributed by atoms with van der Waals surface area (Å²) >= 11 is 6.21. The van der Waals surface area contributed by atoms with Crippen molar-refractivity contribution in [3.05, 3.63) is 22.2 Å². The predicted molar refractivity (Wildman–Crippen MR) is 72.4 cm³/mol. The maximum atomic E-state index is 12.1. The van der Waals surface area contributed by atoms with Crippen LogP contribution in [0.15, 0.2) is 6.07 Å². The average Bonchev–Trinajstić information content (AvgIpc) is 2.33. The molecule has 0 bridgehead atoms. The molecule has 0 fully saturated rings. The second-order valence-electron chi connectivity index (χ2n) is 4.56. The number of halogens is 1. The zero-order chi connectivity index (χ0) is 13.4. The van der Waals surface area contributed by atoms with Crippen LogP contribution in [-0.2, 0) is 4.79 Å². The molecule has 1 heterocycles. The van der Waals surface area contributed by atoms with Gasteiger partial charge in [0.1, 0.15) is 5.75 Å². The van der Waals surface area contributed by atoms with Crippen LogP contribution in [0.4, 0.5) is 5.69 Å². The first kappa shape index (κ1) is 13.2. The number of likely N-dealkylation sites (N-methyl/N-ethyl adjacent to an activating group) is 1. The van der Waals surface area contributed by atoms with E-state index < -0.39 is 6.10 Å². The normalized spacial score (nSPS) is 18.6. The van der Waals surface area contributed by atoms with Gasteiger partial charge in [-0.25, -0.2) is 0 Å². The minimum atomic E-state index is -0.493. The Bertz CT molecular complexity index is 502. The summed E-state index contributed by atoms with van der Waals surface area (Å²) in [5.74, 6) is 0.630. The fraction of sp³-hybridized carbons (Fsp3) is 0.462. The maximum Gasteiger partial charge on any atom is 0.267 e. The lowest BCUT2D eigenvalue weighted by Gasteiger charge is -2.33. The summed E-state index contributed by atoms with van der Waals surface area (Å²) in [4.78, 5) is 13.7. The van der Waals surface area contributed by atoms with Crippen LogP contribution in [0.2, 0.25) is 5.02 Å². The number of aryl methyl sites for hydroxylation is 1. The van der Waals surface area contributed by atoms with Gasteiger partial charge in [-0.05, 0) is 37.6 Å². The highest BCUT2D eigenvalue weighted by molar-refractivity contribution is 6.32. The molecule has 0 aliphatic carbocycles. The van der Waals surface area contributed by atoms with E-state index in [1.54, 1.807) is 11.9 Å². The minimum absolute atomic E-state index is 0.0732. The fourth-order valence-corrected chi connectivity index (χ4v) is 2.43. The quantitative estimate of drug-likeness (QED) is 0.893. The third-order valence-corrected chi connectivity index (χ3v) is 3.83. The van der Waals surface area contributed by atoms with E-state index >= 15 is 0 Å². The molecule has 1 amide bonds. The molecule has 0 radical (unpaired) electrons. The second-order valence-corrected chi connectivity index (χ2v) is 4.94. The SMILES string of the molecule is Cc1cc2c(c(C)c1Cl)N(C)C(=O)C(CCN)O2. The summed E-state index contributed by atoms with van der Waals surface area (Å²) in [5.41, 5.74) is 8.07. The Morgan fingerprint density at radius 3 is 2.78 bits per heavy atom. The van der Waals surface area contributed by atoms with Crippen molar-refractivity contribution < 1.29 is 9.53 Å². The van der Waals surface area contributed by atoms with Gasteiger partial charge < -0.3 is 15.4 Å². The number of carbonyl (C=O) groups excluding carboxylic acids is 1. The highest BCUT2D eigenvalue weighted by atomic mass is 35.5. The second kappa shape index (κ2) is 4.78. The van der Waals surface area contributed by atoms with Gasteiger partial charge in [0.15, 0.2) is 6.10 Å². The topological polar surface area (TPSA) is 55.6 Å². The zero-order valence-electron chi connectivity index (χ0n) is 10.8. The molecule has 98 valence electrons. The molecule has 18 heavy (non-hydrogen) atoms. The number of anilines is 1. The van der Waals surface area contributed by atoms with Crippen LogP contribution >= 0.6 is 11.6 Å². The first-order valence-corrected chi connectivity index (χ1v) is 6.29. The van der Waals surface area contributed by atoms with Crippen LogP contribution in [0.25, 0.3) is 0 Å². The Hall–Kier alpha value is -1.26. The molecule has 1 aromatic carbocycles. The van der Waals surface area contributed by atoms with Crippen LogP contribution in [0.5, 0.6) is 5.75 Å². The molecule has 5 heteroatoms. The Balaban J connectivity index is 2.52. The molecule has 1 unspecified atom stereocenters. The molecule has 2 rings (SSSR count). The van der Waals surface area contributed by atoms with Crippen molar-refractivity contribution in [2.45, 2.75) is 26.4 Å². The summed E-state index contributed by atoms with van der Waals surface area (Å²) in [7, 11) is 1.74. The smallest absolute Gasteiger partial charge is 0.267 e. The molecule has 4 nitrogen and oxygen atoms in total. The van der Waals surface area contributed by atoms with Crippen LogP contribution in [-0.4, -0.2) is 25.6 Å². The number of ether oxygens (including phenoxy) is 1. The molecular formula is C13H17ClN2O2. The highest BCUT2D eigenvalue weighted by Gasteiger charge is 2.33. The molecule has 1 aliphatic rings. The molecule has 1 aliphatic heterocycles. The molecule has 0 aromatic heterocycles. The van der Waals surface area contributed by atoms with Gasteiger partial charge in [0.05, 0.1) is 5.69 Å². The predicted octanol–water partition coefficient (Wildman–Crippen LogP) is 2.03. The molecule has 2 N–H and O–H groups in total. The van der Waals surface area contributed by atoms with E-state index in [1.807, 2.05) is 19.9 Å². The van der Waals surface area contributed by atoms with Crippen molar-refractivity contribution in [3.63, 3.8) is 0 Å². The number of rotatable bonds is 2. The summed E-state index contributed by atoms with van der Waals surface area (Å²) in [6.45, 7) is 4.24. The summed E-state index contributed by atoms with van der Waals surface area (Å²) in [6, 6.07) is 1.87. The molecule has 1 atom stereocenters. The summed E-state index contributed by atoms with van der Waals surface area (Å²) < 4.78 is 5.74. The number of fused-ring (bicyclic) bond motifs is 1. The number of amides is 1. The van der Waals surface area contributed by atoms with Gasteiger partial charge >= 0.3 is 0 Å². The van der Waals surface area contributed by atoms with Gasteiger partial charge in [0.2, 0.25) is 0 Å². The lowest BCUT2D eigenvalue weighted by atomic mass is 10.0. The zero-order valence-corrected chi connectivity index (χ0v) is 11.5. The molecule has 0 saturated carbocycles. The fourth-order valence-electron chi connectivity index (χ4n) is 2.28. The van der Waals surface area contributed by atoms with Crippen LogP contribution < -0.4 is 15.4 Å². The molecule has 1 aromatic rings. The standard InChI is InChI=1S/C13H17ClN2O2/c1-7-6-10-12(8(2)11(7)14)16(3)13(17)9(18-10)4-5-15/h6,9H,4-5,15H2,1-3H3. The Morgan fingerprint density at radius 1 is 1.50 bits per heavy atom. The van der Waals surface area contributed by atoms with Gasteiger partial charge in [-0.1, -0.05) is 11.6 Å². The third kappa shape index (κ3) is 1.95. The van der Waals surface area contributed by atoms with Crippen molar-refractivity contribution in [3.8, 4) is 5.75 Å². The van der Waals surface area contributed by atoms with E-state index in [2.05, 4.69) is 0 Å². The van der Waals surface area contributed by atoms with Gasteiger partial charge in [-0.15, -0.1) is 0 Å². The molecule has 0 spiro atoms. The summed E-state index contributed by atoms with van der Waals surface area (Å²) in [6.07, 6.45) is 0.0241. The van der Waals surface area contributed by atoms with Gasteiger partial charge in [-0.3, -0.25) is 4.79 Å². The van der Waals surface area contributed by atoms with E-state index in [9.17, 15) is 4.79 Å². The van der Waals surface area contributed by atoms with E-state index in [0.29, 0.717) is 23.7 Å². The lowest BCUT2D eigenvalue weighted by Crippen LogP contribution is -2.45. The van der Waals surface area contributed by atoms with Crippen LogP contribution in [0.3, 0.4) is 0 Å². The van der Waals surface area contributed by atoms with E-state index in [-0.39, 0.29) is 5.91 Å². The highest BCUT2D eigenvalue weighted by Crippen LogP contribution is 2.41. The van der Waals surface area contributed by atoms with E-state index in [1.165, 1.54) is 0 Å². The minimum Gasteiger partial charge on any atom is -0.478 e. The van der Waals surface area contributed by atoms with Gasteiger partial charge in [0, 0.05) is 18.5 Å². The third-order valence-electron chi connectivity index (χ3n) is 3.25. The average molecular weight is 269 g/mol. The number of carbonyl (C=O) groups is 1. The monoisotopic (exact) mass is 268 g/mol. The number of nitrogens with zero attached hydrogens (tertiary/aromatic N) is 1. The van der Waals surface area contributed by atoms with E-state index in [0.717, 1.165) is 16.8 Å². The summed E-state index contributed by atoms with van der Waals surface area (Å²) in [5, 5.41) is 0.675. The number of benzene rings is 1. The van der Waals surface area contributed by atoms with Crippen molar-refractivity contribution >= 4 is 23.2 Å². The first-order valence-electron chi connectivity index (χ1n) is 5.91. The van der Waals surface area contributed by atoms with Crippen molar-refractivity contribution in [1.82, 2.24) is 0 Å². The van der Waals surface area contributed by atoms with Gasteiger partial charge in [0.25, 0.3) is 5.91 Å². The van der Waals surface area contributed by atoms with Crippen molar-refractivity contribution in [2.24, 2.45) is 5.73 Å². The Morgan fingerprint density at radius 2 is 2.17 bits per heavy atom. The molecule has 0 saturated heterocycles.